The van der Waals surface area contributed by atoms with Crippen LogP contribution in [0.5, 0.6) is 0 Å². The first-order valence-electron chi connectivity index (χ1n) is 8.79. The van der Waals surface area contributed by atoms with Crippen LogP contribution in [0.4, 0.5) is 0 Å². The molecule has 2 nitrogen and oxygen atoms in total. The highest BCUT2D eigenvalue weighted by atomic mass is 79.9. The normalized spacial score (nSPS) is 21.7. The number of quaternary nitrogens is 1. The van der Waals surface area contributed by atoms with Crippen molar-refractivity contribution in [1.82, 2.24) is 0 Å². The third-order valence-corrected chi connectivity index (χ3v) is 5.74. The lowest BCUT2D eigenvalue weighted by atomic mass is 10.0. The molecule has 0 aromatic heterocycles. The van der Waals surface area contributed by atoms with Crippen molar-refractivity contribution in [2.75, 3.05) is 27.2 Å². The Bertz CT molecular complexity index is 667. The third-order valence-electron chi connectivity index (χ3n) is 5.74. The maximum atomic E-state index is 6.52. The SMILES string of the molecule is C[N+]1(C)CCCCC1COC1c2ccccc2-c2ccccc21.[Br-]. The summed E-state index contributed by atoms with van der Waals surface area (Å²) < 4.78 is 7.61. The van der Waals surface area contributed by atoms with Crippen molar-refractivity contribution in [2.45, 2.75) is 31.4 Å². The van der Waals surface area contributed by atoms with Crippen molar-refractivity contribution >= 4 is 0 Å². The van der Waals surface area contributed by atoms with Gasteiger partial charge in [0, 0.05) is 6.42 Å². The zero-order valence-corrected chi connectivity index (χ0v) is 16.1. The molecule has 0 N–H and O–H groups in total. The van der Waals surface area contributed by atoms with E-state index in [4.69, 9.17) is 4.74 Å². The van der Waals surface area contributed by atoms with E-state index in [1.54, 1.807) is 0 Å². The summed E-state index contributed by atoms with van der Waals surface area (Å²) in [6.45, 7) is 2.12. The second-order valence-corrected chi connectivity index (χ2v) is 7.54. The summed E-state index contributed by atoms with van der Waals surface area (Å²) in [6, 6.07) is 18.0. The fraction of sp³-hybridized carbons (Fsp3) is 0.429. The maximum absolute atomic E-state index is 6.52. The van der Waals surface area contributed by atoms with E-state index >= 15 is 0 Å². The van der Waals surface area contributed by atoms with Gasteiger partial charge in [-0.25, -0.2) is 0 Å². The molecule has 1 fully saturated rings. The Morgan fingerprint density at radius 1 is 0.917 bits per heavy atom. The van der Waals surface area contributed by atoms with E-state index in [0.717, 1.165) is 11.1 Å². The Kier molecular flexibility index (Phi) is 5.14. The van der Waals surface area contributed by atoms with Crippen molar-refractivity contribution in [3.05, 3.63) is 59.7 Å². The fourth-order valence-electron chi connectivity index (χ4n) is 4.21. The van der Waals surface area contributed by atoms with E-state index in [1.165, 1.54) is 48.1 Å². The fourth-order valence-corrected chi connectivity index (χ4v) is 4.21. The minimum Gasteiger partial charge on any atom is -1.00 e. The van der Waals surface area contributed by atoms with Gasteiger partial charge in [0.15, 0.2) is 0 Å². The summed E-state index contributed by atoms with van der Waals surface area (Å²) in [6.07, 6.45) is 4.07. The van der Waals surface area contributed by atoms with Crippen LogP contribution in [0.3, 0.4) is 0 Å². The lowest BCUT2D eigenvalue weighted by molar-refractivity contribution is -0.920. The number of hydrogen-bond donors (Lipinski definition) is 0. The summed E-state index contributed by atoms with van der Waals surface area (Å²) in [4.78, 5) is 0. The molecule has 0 bridgehead atoms. The topological polar surface area (TPSA) is 9.23 Å². The van der Waals surface area contributed by atoms with Crippen LogP contribution in [0, 0.1) is 0 Å². The second-order valence-electron chi connectivity index (χ2n) is 7.54. The van der Waals surface area contributed by atoms with Crippen LogP contribution in [-0.4, -0.2) is 37.8 Å². The summed E-state index contributed by atoms with van der Waals surface area (Å²) in [5.74, 6) is 0. The molecule has 4 rings (SSSR count). The Morgan fingerprint density at radius 3 is 2.08 bits per heavy atom. The van der Waals surface area contributed by atoms with Crippen molar-refractivity contribution < 1.29 is 26.2 Å². The zero-order chi connectivity index (χ0) is 15.9. The Labute approximate surface area is 155 Å². The number of ether oxygens (including phenoxy) is 1. The summed E-state index contributed by atoms with van der Waals surface area (Å²) >= 11 is 0. The highest BCUT2D eigenvalue weighted by molar-refractivity contribution is 5.77. The molecule has 2 aromatic rings. The lowest BCUT2D eigenvalue weighted by Gasteiger charge is -2.41. The molecule has 0 radical (unpaired) electrons. The average Bonchev–Trinajstić information content (AvgIpc) is 2.88. The van der Waals surface area contributed by atoms with Crippen LogP contribution in [0.25, 0.3) is 11.1 Å². The van der Waals surface area contributed by atoms with E-state index in [0.29, 0.717) is 6.04 Å². The molecule has 1 saturated heterocycles. The summed E-state index contributed by atoms with van der Waals surface area (Å²) in [7, 11) is 4.70. The van der Waals surface area contributed by atoms with E-state index < -0.39 is 0 Å². The van der Waals surface area contributed by atoms with Gasteiger partial charge in [-0.3, -0.25) is 0 Å². The molecule has 1 aliphatic carbocycles. The maximum Gasteiger partial charge on any atom is 0.112 e. The average molecular weight is 388 g/mol. The first kappa shape index (κ1) is 17.7. The Morgan fingerprint density at radius 2 is 1.50 bits per heavy atom. The summed E-state index contributed by atoms with van der Waals surface area (Å²) in [5, 5.41) is 0. The van der Waals surface area contributed by atoms with Crippen molar-refractivity contribution in [3.63, 3.8) is 0 Å². The number of benzene rings is 2. The Balaban J connectivity index is 0.00000169. The largest absolute Gasteiger partial charge is 1.00 e. The molecule has 0 amide bonds. The van der Waals surface area contributed by atoms with Gasteiger partial charge in [0.2, 0.25) is 0 Å². The van der Waals surface area contributed by atoms with Gasteiger partial charge in [0.05, 0.1) is 27.2 Å². The van der Waals surface area contributed by atoms with Crippen LogP contribution in [0.15, 0.2) is 48.5 Å². The van der Waals surface area contributed by atoms with E-state index in [2.05, 4.69) is 62.6 Å². The second kappa shape index (κ2) is 6.99. The molecule has 2 aliphatic rings. The predicted molar refractivity (Wildman–Crippen MR) is 94.3 cm³/mol. The van der Waals surface area contributed by atoms with Crippen LogP contribution in [0.1, 0.15) is 36.5 Å². The molecule has 1 unspecified atom stereocenters. The third kappa shape index (κ3) is 3.05. The minimum atomic E-state index is 0. The van der Waals surface area contributed by atoms with E-state index in [-0.39, 0.29) is 23.1 Å². The predicted octanol–water partition coefficient (Wildman–Crippen LogP) is 1.41. The van der Waals surface area contributed by atoms with E-state index in [9.17, 15) is 0 Å². The van der Waals surface area contributed by atoms with Crippen molar-refractivity contribution in [3.8, 4) is 11.1 Å². The monoisotopic (exact) mass is 387 g/mol. The van der Waals surface area contributed by atoms with Crippen LogP contribution >= 0.6 is 0 Å². The van der Waals surface area contributed by atoms with Gasteiger partial charge in [0.1, 0.15) is 12.1 Å². The van der Waals surface area contributed by atoms with E-state index in [1.807, 2.05) is 0 Å². The number of halogens is 1. The number of piperidine rings is 1. The van der Waals surface area contributed by atoms with Gasteiger partial charge in [0.25, 0.3) is 0 Å². The molecule has 1 aliphatic heterocycles. The van der Waals surface area contributed by atoms with Crippen molar-refractivity contribution in [1.29, 1.82) is 0 Å². The van der Waals surface area contributed by atoms with Gasteiger partial charge < -0.3 is 26.2 Å². The molecule has 24 heavy (non-hydrogen) atoms. The minimum absolute atomic E-state index is 0. The van der Waals surface area contributed by atoms with Gasteiger partial charge in [-0.15, -0.1) is 0 Å². The van der Waals surface area contributed by atoms with Gasteiger partial charge in [-0.2, -0.15) is 0 Å². The standard InChI is InChI=1S/C21H26NO.BrH/c1-22(2)14-8-7-9-16(22)15-23-21-19-12-5-3-10-17(19)18-11-4-6-13-20(18)21;/h3-6,10-13,16,21H,7-9,14-15H2,1-2H3;1H/q+1;/p-1. The lowest BCUT2D eigenvalue weighted by Crippen LogP contribution is -3.00. The number of fused-ring (bicyclic) bond motifs is 3. The molecule has 3 heteroatoms. The molecule has 128 valence electrons. The molecule has 1 heterocycles. The zero-order valence-electron chi connectivity index (χ0n) is 14.5. The number of rotatable bonds is 3. The molecule has 2 aromatic carbocycles. The highest BCUT2D eigenvalue weighted by Crippen LogP contribution is 2.45. The van der Waals surface area contributed by atoms with Gasteiger partial charge >= 0.3 is 0 Å². The van der Waals surface area contributed by atoms with Crippen LogP contribution in [0.2, 0.25) is 0 Å². The van der Waals surface area contributed by atoms with Crippen LogP contribution < -0.4 is 17.0 Å². The highest BCUT2D eigenvalue weighted by Gasteiger charge is 2.34. The first-order valence-corrected chi connectivity index (χ1v) is 8.79. The molecule has 0 saturated carbocycles. The number of nitrogens with zero attached hydrogens (tertiary/aromatic N) is 1. The molecule has 1 atom stereocenters. The number of likely N-dealkylation sites (tertiary alicyclic amines) is 1. The van der Waals surface area contributed by atoms with Crippen molar-refractivity contribution in [2.24, 2.45) is 0 Å². The van der Waals surface area contributed by atoms with Gasteiger partial charge in [-0.05, 0) is 35.1 Å². The molecular weight excluding hydrogens is 362 g/mol. The van der Waals surface area contributed by atoms with Crippen LogP contribution in [-0.2, 0) is 4.74 Å². The Hall–Kier alpha value is -1.16. The smallest absolute Gasteiger partial charge is 0.112 e. The molecule has 0 spiro atoms. The number of likely N-dealkylation sites (N-methyl/N-ethyl adjacent to an activating group) is 1. The quantitative estimate of drug-likeness (QED) is 0.723. The van der Waals surface area contributed by atoms with Gasteiger partial charge in [-0.1, -0.05) is 48.5 Å². The first-order chi connectivity index (χ1) is 11.2. The number of hydrogen-bond acceptors (Lipinski definition) is 1. The summed E-state index contributed by atoms with van der Waals surface area (Å²) in [5.41, 5.74) is 5.33. The molecular formula is C21H26BrNO.